The molecule has 0 heterocycles. The third kappa shape index (κ3) is 3.08. The first-order chi connectivity index (χ1) is 9.90. The lowest BCUT2D eigenvalue weighted by Gasteiger charge is -2.26. The van der Waals surface area contributed by atoms with Gasteiger partial charge in [0.25, 0.3) is 0 Å². The summed E-state index contributed by atoms with van der Waals surface area (Å²) in [6.45, 7) is 4.25. The van der Waals surface area contributed by atoms with Crippen LogP contribution in [0.25, 0.3) is 0 Å². The molecule has 1 fully saturated rings. The number of carbonyl (C=O) groups is 2. The fraction of sp³-hybridized carbons (Fsp3) is 0.500. The molecule has 1 aliphatic carbocycles. The highest BCUT2D eigenvalue weighted by Crippen LogP contribution is 2.47. The third-order valence-corrected chi connectivity index (χ3v) is 4.09. The number of aliphatic hydroxyl groups excluding tert-OH is 1. The van der Waals surface area contributed by atoms with Gasteiger partial charge in [-0.3, -0.25) is 9.59 Å². The molecule has 0 spiro atoms. The lowest BCUT2D eigenvalue weighted by atomic mass is 10.0. The van der Waals surface area contributed by atoms with Crippen molar-refractivity contribution in [2.24, 2.45) is 5.41 Å². The van der Waals surface area contributed by atoms with Crippen molar-refractivity contribution < 1.29 is 19.8 Å². The van der Waals surface area contributed by atoms with E-state index in [1.807, 2.05) is 31.2 Å². The Hall–Kier alpha value is -1.88. The van der Waals surface area contributed by atoms with Crippen LogP contribution in [0.2, 0.25) is 0 Å². The molecule has 1 aromatic rings. The van der Waals surface area contributed by atoms with Crippen LogP contribution in [0.5, 0.6) is 0 Å². The van der Waals surface area contributed by atoms with Gasteiger partial charge in [0.1, 0.15) is 5.41 Å². The molecule has 1 amide bonds. The Morgan fingerprint density at radius 1 is 1.29 bits per heavy atom. The van der Waals surface area contributed by atoms with Gasteiger partial charge in [0, 0.05) is 6.54 Å². The van der Waals surface area contributed by atoms with Gasteiger partial charge in [-0.15, -0.1) is 0 Å². The van der Waals surface area contributed by atoms with E-state index in [1.54, 1.807) is 6.92 Å². The van der Waals surface area contributed by atoms with Crippen molar-refractivity contribution in [2.75, 3.05) is 13.1 Å². The van der Waals surface area contributed by atoms with Crippen molar-refractivity contribution >= 4 is 11.9 Å². The lowest BCUT2D eigenvalue weighted by molar-refractivity contribution is -0.154. The molecule has 0 saturated heterocycles. The van der Waals surface area contributed by atoms with Crippen LogP contribution in [0, 0.1) is 12.3 Å². The number of aryl methyl sites for hydroxylation is 1. The van der Waals surface area contributed by atoms with Crippen LogP contribution in [0.4, 0.5) is 0 Å². The minimum absolute atomic E-state index is 0.118. The van der Waals surface area contributed by atoms with Crippen molar-refractivity contribution in [2.45, 2.75) is 32.8 Å². The van der Waals surface area contributed by atoms with Crippen LogP contribution in [-0.4, -0.2) is 40.1 Å². The Labute approximate surface area is 124 Å². The molecule has 1 saturated carbocycles. The maximum absolute atomic E-state index is 12.4. The number of likely N-dealkylation sites (N-methyl/N-ethyl adjacent to an activating group) is 1. The second-order valence-corrected chi connectivity index (χ2v) is 5.66. The number of carbonyl (C=O) groups excluding carboxylic acids is 1. The zero-order valence-electron chi connectivity index (χ0n) is 12.4. The number of carboxylic acid groups (broad SMARTS) is 1. The number of amides is 1. The summed E-state index contributed by atoms with van der Waals surface area (Å²) in [6.07, 6.45) is -0.0320. The van der Waals surface area contributed by atoms with Crippen LogP contribution in [0.1, 0.15) is 37.0 Å². The normalized spacial score (nSPS) is 17.1. The van der Waals surface area contributed by atoms with E-state index < -0.39 is 17.5 Å². The number of nitrogens with zero attached hydrogens (tertiary/aromatic N) is 1. The molecule has 1 atom stereocenters. The second-order valence-electron chi connectivity index (χ2n) is 5.66. The van der Waals surface area contributed by atoms with Gasteiger partial charge >= 0.3 is 5.97 Å². The third-order valence-electron chi connectivity index (χ3n) is 4.09. The van der Waals surface area contributed by atoms with Crippen molar-refractivity contribution in [3.63, 3.8) is 0 Å². The topological polar surface area (TPSA) is 77.8 Å². The van der Waals surface area contributed by atoms with E-state index in [2.05, 4.69) is 0 Å². The molecule has 0 radical (unpaired) electrons. The van der Waals surface area contributed by atoms with Crippen molar-refractivity contribution in [1.29, 1.82) is 0 Å². The molecule has 1 unspecified atom stereocenters. The van der Waals surface area contributed by atoms with Crippen LogP contribution < -0.4 is 0 Å². The number of rotatable bonds is 6. The van der Waals surface area contributed by atoms with Crippen LogP contribution in [-0.2, 0) is 9.59 Å². The number of hydrogen-bond donors (Lipinski definition) is 2. The van der Waals surface area contributed by atoms with E-state index in [0.29, 0.717) is 19.4 Å². The Kier molecular flexibility index (Phi) is 4.32. The standard InChI is InChI=1S/C16H21NO4/c1-3-17(14(19)16(8-9-16)15(20)21)10-13(18)12-6-4-11(2)5-7-12/h4-7,13,18H,3,8-10H2,1-2H3,(H,20,21). The first-order valence-corrected chi connectivity index (χ1v) is 7.18. The molecule has 114 valence electrons. The molecule has 21 heavy (non-hydrogen) atoms. The second kappa shape index (κ2) is 5.85. The van der Waals surface area contributed by atoms with Crippen LogP contribution in [0.15, 0.2) is 24.3 Å². The monoisotopic (exact) mass is 291 g/mol. The van der Waals surface area contributed by atoms with Gasteiger partial charge in [-0.25, -0.2) is 0 Å². The zero-order valence-corrected chi connectivity index (χ0v) is 12.4. The van der Waals surface area contributed by atoms with Gasteiger partial charge in [0.2, 0.25) is 5.91 Å². The quantitative estimate of drug-likeness (QED) is 0.783. The van der Waals surface area contributed by atoms with Gasteiger partial charge in [-0.1, -0.05) is 29.8 Å². The summed E-state index contributed by atoms with van der Waals surface area (Å²) in [5.74, 6) is -1.44. The van der Waals surface area contributed by atoms with Crippen molar-refractivity contribution in [1.82, 2.24) is 4.90 Å². The van der Waals surface area contributed by atoms with Gasteiger partial charge in [-0.05, 0) is 32.3 Å². The summed E-state index contributed by atoms with van der Waals surface area (Å²) < 4.78 is 0. The number of hydrogen-bond acceptors (Lipinski definition) is 3. The van der Waals surface area contributed by atoms with Gasteiger partial charge in [-0.2, -0.15) is 0 Å². The number of benzene rings is 1. The van der Waals surface area contributed by atoms with Gasteiger partial charge in [0.15, 0.2) is 0 Å². The first-order valence-electron chi connectivity index (χ1n) is 7.18. The van der Waals surface area contributed by atoms with Crippen LogP contribution in [0.3, 0.4) is 0 Å². The highest BCUT2D eigenvalue weighted by atomic mass is 16.4. The largest absolute Gasteiger partial charge is 0.480 e. The molecule has 0 aromatic heterocycles. The predicted molar refractivity (Wildman–Crippen MR) is 77.7 cm³/mol. The number of carboxylic acids is 1. The minimum atomic E-state index is -1.25. The fourth-order valence-corrected chi connectivity index (χ4v) is 2.41. The molecule has 1 aliphatic rings. The lowest BCUT2D eigenvalue weighted by Crippen LogP contribution is -2.42. The number of aliphatic hydroxyl groups is 1. The Bertz CT molecular complexity index is 534. The number of aliphatic carboxylic acids is 1. The molecule has 0 aliphatic heterocycles. The minimum Gasteiger partial charge on any atom is -0.480 e. The van der Waals surface area contributed by atoms with E-state index >= 15 is 0 Å². The molecule has 5 heteroatoms. The molecule has 1 aromatic carbocycles. The first kappa shape index (κ1) is 15.5. The van der Waals surface area contributed by atoms with E-state index in [1.165, 1.54) is 4.90 Å². The summed E-state index contributed by atoms with van der Waals surface area (Å²) in [5, 5.41) is 19.4. The molecule has 2 N–H and O–H groups in total. The molecular formula is C16H21NO4. The summed E-state index contributed by atoms with van der Waals surface area (Å²) in [6, 6.07) is 7.44. The average molecular weight is 291 g/mol. The highest BCUT2D eigenvalue weighted by molar-refractivity contribution is 6.04. The maximum Gasteiger partial charge on any atom is 0.319 e. The molecule has 0 bridgehead atoms. The Morgan fingerprint density at radius 3 is 2.29 bits per heavy atom. The van der Waals surface area contributed by atoms with E-state index in [0.717, 1.165) is 11.1 Å². The fourth-order valence-electron chi connectivity index (χ4n) is 2.41. The molecular weight excluding hydrogens is 270 g/mol. The van der Waals surface area contributed by atoms with Crippen molar-refractivity contribution in [3.8, 4) is 0 Å². The summed E-state index contributed by atoms with van der Waals surface area (Å²) in [5.41, 5.74) is 0.576. The molecule has 2 rings (SSSR count). The summed E-state index contributed by atoms with van der Waals surface area (Å²) in [7, 11) is 0. The maximum atomic E-state index is 12.4. The Balaban J connectivity index is 2.07. The zero-order chi connectivity index (χ0) is 15.6. The summed E-state index contributed by atoms with van der Waals surface area (Å²) >= 11 is 0. The highest BCUT2D eigenvalue weighted by Gasteiger charge is 2.58. The Morgan fingerprint density at radius 2 is 1.86 bits per heavy atom. The van der Waals surface area contributed by atoms with E-state index in [-0.39, 0.29) is 12.5 Å². The van der Waals surface area contributed by atoms with Crippen LogP contribution >= 0.6 is 0 Å². The van der Waals surface area contributed by atoms with Gasteiger partial charge in [0.05, 0.1) is 12.6 Å². The van der Waals surface area contributed by atoms with Crippen molar-refractivity contribution in [3.05, 3.63) is 35.4 Å². The average Bonchev–Trinajstić information content (AvgIpc) is 3.26. The van der Waals surface area contributed by atoms with E-state index in [9.17, 15) is 19.8 Å². The van der Waals surface area contributed by atoms with E-state index in [4.69, 9.17) is 0 Å². The SMILES string of the molecule is CCN(CC(O)c1ccc(C)cc1)C(=O)C1(C(=O)O)CC1. The summed E-state index contributed by atoms with van der Waals surface area (Å²) in [4.78, 5) is 25.0. The smallest absolute Gasteiger partial charge is 0.319 e. The molecule has 5 nitrogen and oxygen atoms in total. The van der Waals surface area contributed by atoms with Gasteiger partial charge < -0.3 is 15.1 Å². The predicted octanol–water partition coefficient (Wildman–Crippen LogP) is 1.74.